The number of carbonyl (C=O) groups excluding carboxylic acids is 1. The molecule has 0 fully saturated rings. The molecule has 0 saturated heterocycles. The predicted octanol–water partition coefficient (Wildman–Crippen LogP) is 5.80. The quantitative estimate of drug-likeness (QED) is 0.169. The zero-order valence-corrected chi connectivity index (χ0v) is 19.3. The zero-order chi connectivity index (χ0) is 24.0. The highest BCUT2D eigenvalue weighted by atomic mass is 127. The summed E-state index contributed by atoms with van der Waals surface area (Å²) >= 11 is 2.05. The molecule has 0 radical (unpaired) electrons. The van der Waals surface area contributed by atoms with Crippen LogP contribution in [-0.2, 0) is 12.8 Å². The van der Waals surface area contributed by atoms with Crippen molar-refractivity contribution in [3.05, 3.63) is 92.3 Å². The van der Waals surface area contributed by atoms with Gasteiger partial charge in [-0.2, -0.15) is 18.3 Å². The lowest BCUT2D eigenvalue weighted by Gasteiger charge is -2.13. The Balaban J connectivity index is 1.69. The molecule has 0 aliphatic rings. The van der Waals surface area contributed by atoms with Crippen LogP contribution in [0.3, 0.4) is 0 Å². The molecule has 0 aliphatic heterocycles. The summed E-state index contributed by atoms with van der Waals surface area (Å²) in [7, 11) is 1.46. The summed E-state index contributed by atoms with van der Waals surface area (Å²) in [5.41, 5.74) is 2.46. The SMILES string of the molecule is COc1cc(/C=N\NC(=O)c2cccc(C(F)(F)F)c2)cc(I)c1OCc1ccc(F)cc1. The fraction of sp³-hybridized carbons (Fsp3) is 0.130. The molecular formula is C23H17F4IN2O3. The molecule has 0 atom stereocenters. The Bertz CT molecular complexity index is 1170. The topological polar surface area (TPSA) is 59.9 Å². The molecule has 3 rings (SSSR count). The summed E-state index contributed by atoms with van der Waals surface area (Å²) in [6, 6.07) is 13.3. The molecule has 0 spiro atoms. The Morgan fingerprint density at radius 2 is 1.85 bits per heavy atom. The van der Waals surface area contributed by atoms with Crippen LogP contribution in [0.2, 0.25) is 0 Å². The lowest BCUT2D eigenvalue weighted by Crippen LogP contribution is -2.18. The fourth-order valence-electron chi connectivity index (χ4n) is 2.76. The Hall–Kier alpha value is -3.15. The van der Waals surface area contributed by atoms with E-state index in [1.165, 1.54) is 31.5 Å². The Morgan fingerprint density at radius 1 is 1.12 bits per heavy atom. The highest BCUT2D eigenvalue weighted by Crippen LogP contribution is 2.34. The minimum atomic E-state index is -4.55. The van der Waals surface area contributed by atoms with Crippen molar-refractivity contribution in [3.8, 4) is 11.5 Å². The molecule has 0 bridgehead atoms. The highest BCUT2D eigenvalue weighted by molar-refractivity contribution is 14.1. The van der Waals surface area contributed by atoms with Gasteiger partial charge in [0.2, 0.25) is 0 Å². The normalized spacial score (nSPS) is 11.5. The fourth-order valence-corrected chi connectivity index (χ4v) is 3.54. The lowest BCUT2D eigenvalue weighted by atomic mass is 10.1. The third-order valence-electron chi connectivity index (χ3n) is 4.38. The first-order valence-electron chi connectivity index (χ1n) is 9.43. The van der Waals surface area contributed by atoms with Gasteiger partial charge in [0, 0.05) is 5.56 Å². The van der Waals surface area contributed by atoms with E-state index >= 15 is 0 Å². The summed E-state index contributed by atoms with van der Waals surface area (Å²) in [6.07, 6.45) is -3.22. The molecule has 0 aromatic heterocycles. The zero-order valence-electron chi connectivity index (χ0n) is 17.1. The molecule has 33 heavy (non-hydrogen) atoms. The summed E-state index contributed by atoms with van der Waals surface area (Å²) in [6.45, 7) is 0.202. The monoisotopic (exact) mass is 572 g/mol. The van der Waals surface area contributed by atoms with Crippen molar-refractivity contribution in [1.29, 1.82) is 0 Å². The van der Waals surface area contributed by atoms with Gasteiger partial charge in [-0.25, -0.2) is 9.82 Å². The van der Waals surface area contributed by atoms with Crippen molar-refractivity contribution in [1.82, 2.24) is 5.43 Å². The molecule has 0 unspecified atom stereocenters. The van der Waals surface area contributed by atoms with Crippen LogP contribution >= 0.6 is 22.6 Å². The van der Waals surface area contributed by atoms with Crippen molar-refractivity contribution >= 4 is 34.7 Å². The smallest absolute Gasteiger partial charge is 0.416 e. The number of rotatable bonds is 7. The van der Waals surface area contributed by atoms with Crippen LogP contribution in [0.5, 0.6) is 11.5 Å². The first-order valence-corrected chi connectivity index (χ1v) is 10.5. The van der Waals surface area contributed by atoms with E-state index in [1.54, 1.807) is 24.3 Å². The number of alkyl halides is 3. The van der Waals surface area contributed by atoms with Crippen LogP contribution in [0.4, 0.5) is 17.6 Å². The van der Waals surface area contributed by atoms with Crippen LogP contribution in [0, 0.1) is 9.39 Å². The van der Waals surface area contributed by atoms with Crippen LogP contribution in [0.1, 0.15) is 27.0 Å². The van der Waals surface area contributed by atoms with E-state index in [4.69, 9.17) is 9.47 Å². The van der Waals surface area contributed by atoms with Crippen molar-refractivity contribution in [2.24, 2.45) is 5.10 Å². The van der Waals surface area contributed by atoms with E-state index in [0.717, 1.165) is 23.8 Å². The second-order valence-corrected chi connectivity index (χ2v) is 7.89. The molecular weight excluding hydrogens is 555 g/mol. The van der Waals surface area contributed by atoms with Crippen LogP contribution in [-0.4, -0.2) is 19.2 Å². The van der Waals surface area contributed by atoms with Crippen molar-refractivity contribution < 1.29 is 31.8 Å². The van der Waals surface area contributed by atoms with Gasteiger partial charge < -0.3 is 9.47 Å². The molecule has 3 aromatic carbocycles. The van der Waals surface area contributed by atoms with Gasteiger partial charge in [0.25, 0.3) is 5.91 Å². The number of hydrazone groups is 1. The average molecular weight is 572 g/mol. The largest absolute Gasteiger partial charge is 0.493 e. The number of hydrogen-bond donors (Lipinski definition) is 1. The number of nitrogens with one attached hydrogen (secondary N) is 1. The number of ether oxygens (including phenoxy) is 2. The van der Waals surface area contributed by atoms with E-state index < -0.39 is 17.6 Å². The molecule has 5 nitrogen and oxygen atoms in total. The van der Waals surface area contributed by atoms with Crippen LogP contribution in [0.15, 0.2) is 65.8 Å². The molecule has 1 amide bonds. The minimum absolute atomic E-state index is 0.168. The van der Waals surface area contributed by atoms with Gasteiger partial charge in [0.1, 0.15) is 12.4 Å². The number of nitrogens with zero attached hydrogens (tertiary/aromatic N) is 1. The van der Waals surface area contributed by atoms with E-state index in [9.17, 15) is 22.4 Å². The number of methoxy groups -OCH3 is 1. The maximum absolute atomic E-state index is 13.0. The summed E-state index contributed by atoms with van der Waals surface area (Å²) in [5, 5.41) is 3.82. The van der Waals surface area contributed by atoms with Gasteiger partial charge in [-0.3, -0.25) is 4.79 Å². The number of carbonyl (C=O) groups is 1. The molecule has 0 aliphatic carbocycles. The maximum Gasteiger partial charge on any atom is 0.416 e. The van der Waals surface area contributed by atoms with Crippen LogP contribution in [0.25, 0.3) is 0 Å². The molecule has 0 saturated carbocycles. The van der Waals surface area contributed by atoms with Crippen molar-refractivity contribution in [3.63, 3.8) is 0 Å². The average Bonchev–Trinajstić information content (AvgIpc) is 2.78. The Kier molecular flexibility index (Phi) is 7.90. The summed E-state index contributed by atoms with van der Waals surface area (Å²) < 4.78 is 63.4. The lowest BCUT2D eigenvalue weighted by molar-refractivity contribution is -0.137. The second-order valence-electron chi connectivity index (χ2n) is 6.73. The van der Waals surface area contributed by atoms with E-state index in [0.29, 0.717) is 20.6 Å². The van der Waals surface area contributed by atoms with Gasteiger partial charge in [0.15, 0.2) is 11.5 Å². The van der Waals surface area contributed by atoms with Gasteiger partial charge in [-0.15, -0.1) is 0 Å². The van der Waals surface area contributed by atoms with Gasteiger partial charge in [-0.05, 0) is 76.2 Å². The van der Waals surface area contributed by atoms with Crippen LogP contribution < -0.4 is 14.9 Å². The molecule has 3 aromatic rings. The third-order valence-corrected chi connectivity index (χ3v) is 5.18. The Labute approximate surface area is 200 Å². The van der Waals surface area contributed by atoms with Gasteiger partial charge >= 0.3 is 6.18 Å². The first kappa shape index (κ1) is 24.5. The van der Waals surface area contributed by atoms with E-state index in [-0.39, 0.29) is 18.0 Å². The van der Waals surface area contributed by atoms with Gasteiger partial charge in [-0.1, -0.05) is 18.2 Å². The summed E-state index contributed by atoms with van der Waals surface area (Å²) in [4.78, 5) is 12.1. The molecule has 172 valence electrons. The van der Waals surface area contributed by atoms with E-state index in [2.05, 4.69) is 10.5 Å². The minimum Gasteiger partial charge on any atom is -0.493 e. The standard InChI is InChI=1S/C23H17F4IN2O3/c1-32-20-10-15(9-19(28)21(20)33-13-14-5-7-18(24)8-6-14)12-29-30-22(31)16-3-2-4-17(11-16)23(25,26)27/h2-12H,13H2,1H3,(H,30,31)/b29-12-. The molecule has 1 N–H and O–H groups in total. The summed E-state index contributed by atoms with van der Waals surface area (Å²) in [5.74, 6) is -0.227. The third kappa shape index (κ3) is 6.67. The molecule has 10 heteroatoms. The number of benzene rings is 3. The predicted molar refractivity (Wildman–Crippen MR) is 123 cm³/mol. The van der Waals surface area contributed by atoms with Crippen molar-refractivity contribution in [2.45, 2.75) is 12.8 Å². The Morgan fingerprint density at radius 3 is 2.52 bits per heavy atom. The van der Waals surface area contributed by atoms with Gasteiger partial charge in [0.05, 0.1) is 22.5 Å². The van der Waals surface area contributed by atoms with Crippen molar-refractivity contribution in [2.75, 3.05) is 7.11 Å². The molecule has 0 heterocycles. The number of amides is 1. The number of hydrogen-bond acceptors (Lipinski definition) is 4. The first-order chi connectivity index (χ1) is 15.7. The second kappa shape index (κ2) is 10.6. The maximum atomic E-state index is 13.0. The number of halogens is 5. The van der Waals surface area contributed by atoms with E-state index in [1.807, 2.05) is 22.6 Å². The highest BCUT2D eigenvalue weighted by Gasteiger charge is 2.30.